The third-order valence-electron chi connectivity index (χ3n) is 3.56. The molecule has 2 atom stereocenters. The van der Waals surface area contributed by atoms with Crippen molar-refractivity contribution in [3.8, 4) is 0 Å². The van der Waals surface area contributed by atoms with E-state index in [-0.39, 0.29) is 18.0 Å². The number of nitrogens with one attached hydrogen (secondary N) is 2. The third kappa shape index (κ3) is 4.97. The Bertz CT molecular complexity index is 412. The molecule has 1 aromatic rings. The molecule has 2 unspecified atom stereocenters. The van der Waals surface area contributed by atoms with Gasteiger partial charge in [-0.3, -0.25) is 10.1 Å². The quantitative estimate of drug-likeness (QED) is 0.803. The fourth-order valence-corrected chi connectivity index (χ4v) is 2.39. The van der Waals surface area contributed by atoms with Gasteiger partial charge in [0, 0.05) is 13.1 Å². The van der Waals surface area contributed by atoms with Crippen molar-refractivity contribution in [1.82, 2.24) is 10.6 Å². The van der Waals surface area contributed by atoms with Gasteiger partial charge in [0.2, 0.25) is 5.91 Å². The molecule has 0 aliphatic carbocycles. The number of carbonyl (C=O) groups excluding carboxylic acids is 1. The minimum atomic E-state index is -0.133. The zero-order valence-electron chi connectivity index (χ0n) is 13.4. The molecule has 0 spiro atoms. The Morgan fingerprint density at radius 3 is 2.25 bits per heavy atom. The summed E-state index contributed by atoms with van der Waals surface area (Å²) >= 11 is 0. The molecule has 3 nitrogen and oxygen atoms in total. The van der Waals surface area contributed by atoms with Gasteiger partial charge >= 0.3 is 0 Å². The topological polar surface area (TPSA) is 41.1 Å². The molecule has 0 bridgehead atoms. The molecule has 2 N–H and O–H groups in total. The number of amides is 1. The molecule has 0 fully saturated rings. The lowest BCUT2D eigenvalue weighted by Crippen LogP contribution is -2.45. The Morgan fingerprint density at radius 2 is 1.80 bits per heavy atom. The molecule has 0 heterocycles. The first-order chi connectivity index (χ1) is 9.47. The molecule has 1 aromatic carbocycles. The second-order valence-corrected chi connectivity index (χ2v) is 5.83. The molecule has 0 aliphatic heterocycles. The number of hydrogen-bond acceptors (Lipinski definition) is 2. The molecule has 0 aromatic heterocycles. The predicted octanol–water partition coefficient (Wildman–Crippen LogP) is 3.20. The Morgan fingerprint density at radius 1 is 1.20 bits per heavy atom. The Labute approximate surface area is 123 Å². The van der Waals surface area contributed by atoms with Gasteiger partial charge in [-0.05, 0) is 31.2 Å². The van der Waals surface area contributed by atoms with E-state index in [1.807, 2.05) is 0 Å². The van der Waals surface area contributed by atoms with Gasteiger partial charge in [0.05, 0.1) is 6.04 Å². The van der Waals surface area contributed by atoms with Crippen molar-refractivity contribution in [2.45, 2.75) is 52.6 Å². The summed E-state index contributed by atoms with van der Waals surface area (Å²) in [5.74, 6) is 0.560. The summed E-state index contributed by atoms with van der Waals surface area (Å²) < 4.78 is 0. The van der Waals surface area contributed by atoms with E-state index in [4.69, 9.17) is 0 Å². The molecule has 0 aliphatic rings. The summed E-state index contributed by atoms with van der Waals surface area (Å²) in [4.78, 5) is 12.0. The van der Waals surface area contributed by atoms with Gasteiger partial charge in [0.25, 0.3) is 0 Å². The zero-order valence-corrected chi connectivity index (χ0v) is 13.4. The average Bonchev–Trinajstić information content (AvgIpc) is 2.43. The van der Waals surface area contributed by atoms with Crippen molar-refractivity contribution in [3.05, 3.63) is 35.4 Å². The average molecular weight is 276 g/mol. The standard InChI is InChI=1S/C17H28N2O/c1-6-15(14-9-7-13(4)8-10-14)19-16(11-12(2)3)17(20)18-5/h7-10,12,15-16,19H,6,11H2,1-5H3,(H,18,20). The minimum absolute atomic E-state index is 0.0734. The normalized spacial score (nSPS) is 14.1. The molecular weight excluding hydrogens is 248 g/mol. The highest BCUT2D eigenvalue weighted by molar-refractivity contribution is 5.81. The number of rotatable bonds is 7. The van der Waals surface area contributed by atoms with Crippen molar-refractivity contribution < 1.29 is 4.79 Å². The summed E-state index contributed by atoms with van der Waals surface area (Å²) in [5, 5.41) is 6.27. The summed E-state index contributed by atoms with van der Waals surface area (Å²) in [7, 11) is 1.70. The monoisotopic (exact) mass is 276 g/mol. The maximum absolute atomic E-state index is 12.0. The van der Waals surface area contributed by atoms with Crippen molar-refractivity contribution in [1.29, 1.82) is 0 Å². The first-order valence-corrected chi connectivity index (χ1v) is 7.52. The second-order valence-electron chi connectivity index (χ2n) is 5.83. The van der Waals surface area contributed by atoms with Crippen LogP contribution in [-0.2, 0) is 4.79 Å². The summed E-state index contributed by atoms with van der Waals surface area (Å²) in [6, 6.07) is 8.62. The molecule has 112 valence electrons. The van der Waals surface area contributed by atoms with Crippen LogP contribution in [0.2, 0.25) is 0 Å². The number of likely N-dealkylation sites (N-methyl/N-ethyl adjacent to an activating group) is 1. The molecule has 0 saturated carbocycles. The molecular formula is C17H28N2O. The van der Waals surface area contributed by atoms with E-state index in [0.29, 0.717) is 5.92 Å². The predicted molar refractivity (Wildman–Crippen MR) is 84.7 cm³/mol. The third-order valence-corrected chi connectivity index (χ3v) is 3.56. The second kappa shape index (κ2) is 8.05. The summed E-state index contributed by atoms with van der Waals surface area (Å²) in [6.45, 7) is 8.52. The van der Waals surface area contributed by atoms with E-state index in [0.717, 1.165) is 12.8 Å². The Kier molecular flexibility index (Phi) is 6.73. The number of benzene rings is 1. The van der Waals surface area contributed by atoms with Crippen LogP contribution in [0.25, 0.3) is 0 Å². The van der Waals surface area contributed by atoms with E-state index in [1.165, 1.54) is 11.1 Å². The van der Waals surface area contributed by atoms with E-state index in [1.54, 1.807) is 7.05 Å². The molecule has 1 rings (SSSR count). The summed E-state index contributed by atoms with van der Waals surface area (Å²) in [6.07, 6.45) is 1.82. The molecule has 3 heteroatoms. The van der Waals surface area contributed by atoms with Gasteiger partial charge < -0.3 is 5.32 Å². The highest BCUT2D eigenvalue weighted by Gasteiger charge is 2.22. The Balaban J connectivity index is 2.82. The highest BCUT2D eigenvalue weighted by atomic mass is 16.2. The van der Waals surface area contributed by atoms with Crippen LogP contribution in [0.1, 0.15) is 50.8 Å². The first-order valence-electron chi connectivity index (χ1n) is 7.52. The van der Waals surface area contributed by atoms with Gasteiger partial charge in [-0.2, -0.15) is 0 Å². The van der Waals surface area contributed by atoms with Gasteiger partial charge in [-0.1, -0.05) is 50.6 Å². The number of carbonyl (C=O) groups is 1. The fraction of sp³-hybridized carbons (Fsp3) is 0.588. The van der Waals surface area contributed by atoms with E-state index < -0.39 is 0 Å². The molecule has 0 saturated heterocycles. The highest BCUT2D eigenvalue weighted by Crippen LogP contribution is 2.19. The van der Waals surface area contributed by atoms with E-state index >= 15 is 0 Å². The largest absolute Gasteiger partial charge is 0.358 e. The van der Waals surface area contributed by atoms with Crippen LogP contribution in [0.15, 0.2) is 24.3 Å². The van der Waals surface area contributed by atoms with Crippen LogP contribution >= 0.6 is 0 Å². The fourth-order valence-electron chi connectivity index (χ4n) is 2.39. The lowest BCUT2D eigenvalue weighted by atomic mass is 9.98. The van der Waals surface area contributed by atoms with Crippen LogP contribution in [0.4, 0.5) is 0 Å². The molecule has 0 radical (unpaired) electrons. The maximum atomic E-state index is 12.0. The summed E-state index contributed by atoms with van der Waals surface area (Å²) in [5.41, 5.74) is 2.50. The first kappa shape index (κ1) is 16.7. The van der Waals surface area contributed by atoms with Crippen LogP contribution in [0, 0.1) is 12.8 Å². The van der Waals surface area contributed by atoms with Crippen LogP contribution in [-0.4, -0.2) is 19.0 Å². The van der Waals surface area contributed by atoms with E-state index in [9.17, 15) is 4.79 Å². The van der Waals surface area contributed by atoms with Crippen LogP contribution in [0.3, 0.4) is 0 Å². The minimum Gasteiger partial charge on any atom is -0.358 e. The SMILES string of the molecule is CCC(NC(CC(C)C)C(=O)NC)c1ccc(C)cc1. The molecule has 1 amide bonds. The lowest BCUT2D eigenvalue weighted by molar-refractivity contribution is -0.123. The Hall–Kier alpha value is -1.35. The van der Waals surface area contributed by atoms with Gasteiger partial charge in [-0.25, -0.2) is 0 Å². The van der Waals surface area contributed by atoms with Crippen molar-refractivity contribution in [3.63, 3.8) is 0 Å². The van der Waals surface area contributed by atoms with E-state index in [2.05, 4.69) is 62.6 Å². The van der Waals surface area contributed by atoms with Crippen LogP contribution in [0.5, 0.6) is 0 Å². The van der Waals surface area contributed by atoms with Crippen molar-refractivity contribution in [2.24, 2.45) is 5.92 Å². The zero-order chi connectivity index (χ0) is 15.1. The maximum Gasteiger partial charge on any atom is 0.236 e. The molecule has 20 heavy (non-hydrogen) atoms. The van der Waals surface area contributed by atoms with Gasteiger partial charge in [0.15, 0.2) is 0 Å². The number of hydrogen-bond donors (Lipinski definition) is 2. The van der Waals surface area contributed by atoms with Gasteiger partial charge in [-0.15, -0.1) is 0 Å². The van der Waals surface area contributed by atoms with Crippen molar-refractivity contribution in [2.75, 3.05) is 7.05 Å². The van der Waals surface area contributed by atoms with Crippen molar-refractivity contribution >= 4 is 5.91 Å². The smallest absolute Gasteiger partial charge is 0.236 e. The van der Waals surface area contributed by atoms with Crippen LogP contribution < -0.4 is 10.6 Å². The van der Waals surface area contributed by atoms with Gasteiger partial charge in [0.1, 0.15) is 0 Å². The lowest BCUT2D eigenvalue weighted by Gasteiger charge is -2.25. The number of aryl methyl sites for hydroxylation is 1.